The molecule has 14 heavy (non-hydrogen) atoms. The molecule has 0 aliphatic carbocycles. The van der Waals surface area contributed by atoms with Gasteiger partial charge in [0.1, 0.15) is 11.5 Å². The number of rotatable bonds is 1. The third-order valence-electron chi connectivity index (χ3n) is 1.81. The molecule has 0 amide bonds. The molecule has 2 heterocycles. The van der Waals surface area contributed by atoms with Gasteiger partial charge >= 0.3 is 0 Å². The Balaban J connectivity index is 2.44. The number of pyridine rings is 1. The van der Waals surface area contributed by atoms with E-state index in [-0.39, 0.29) is 0 Å². The maximum atomic E-state index is 5.57. The van der Waals surface area contributed by atoms with Crippen LogP contribution in [0.3, 0.4) is 0 Å². The molecule has 0 atom stereocenters. The van der Waals surface area contributed by atoms with Gasteiger partial charge in [0.2, 0.25) is 0 Å². The second kappa shape index (κ2) is 3.41. The summed E-state index contributed by atoms with van der Waals surface area (Å²) >= 11 is 0. The zero-order valence-corrected chi connectivity index (χ0v) is 7.81. The van der Waals surface area contributed by atoms with Crippen molar-refractivity contribution < 1.29 is 0 Å². The lowest BCUT2D eigenvalue weighted by atomic mass is 10.3. The molecule has 0 unspecified atom stereocenters. The van der Waals surface area contributed by atoms with Crippen molar-refractivity contribution in [3.8, 4) is 11.4 Å². The van der Waals surface area contributed by atoms with Gasteiger partial charge in [-0.25, -0.2) is 4.98 Å². The molecule has 2 N–H and O–H groups in total. The summed E-state index contributed by atoms with van der Waals surface area (Å²) in [5, 5.41) is 0. The Hall–Kier alpha value is -1.97. The molecule has 0 aliphatic heterocycles. The highest BCUT2D eigenvalue weighted by Crippen LogP contribution is 2.13. The predicted molar refractivity (Wildman–Crippen MR) is 54.4 cm³/mol. The molecule has 2 aromatic rings. The van der Waals surface area contributed by atoms with E-state index < -0.39 is 0 Å². The van der Waals surface area contributed by atoms with Crippen molar-refractivity contribution in [3.05, 3.63) is 36.3 Å². The van der Waals surface area contributed by atoms with E-state index >= 15 is 0 Å². The lowest BCUT2D eigenvalue weighted by Gasteiger charge is -2.00. The Morgan fingerprint density at radius 2 is 1.93 bits per heavy atom. The maximum Gasteiger partial charge on any atom is 0.124 e. The number of aromatic nitrogens is 3. The van der Waals surface area contributed by atoms with Crippen LogP contribution >= 0.6 is 0 Å². The fraction of sp³-hybridized carbons (Fsp3) is 0.100. The Morgan fingerprint density at radius 1 is 1.07 bits per heavy atom. The van der Waals surface area contributed by atoms with E-state index in [1.807, 2.05) is 19.1 Å². The van der Waals surface area contributed by atoms with Crippen molar-refractivity contribution >= 4 is 5.82 Å². The van der Waals surface area contributed by atoms with Crippen molar-refractivity contribution in [2.75, 3.05) is 5.73 Å². The maximum absolute atomic E-state index is 5.57. The average Bonchev–Trinajstić information content (AvgIpc) is 2.19. The minimum atomic E-state index is 0.491. The van der Waals surface area contributed by atoms with E-state index in [4.69, 9.17) is 5.73 Å². The van der Waals surface area contributed by atoms with E-state index in [0.717, 1.165) is 17.1 Å². The Morgan fingerprint density at radius 3 is 2.57 bits per heavy atom. The van der Waals surface area contributed by atoms with E-state index in [1.54, 1.807) is 18.5 Å². The van der Waals surface area contributed by atoms with Crippen LogP contribution in [0.5, 0.6) is 0 Å². The van der Waals surface area contributed by atoms with Gasteiger partial charge < -0.3 is 5.73 Å². The molecule has 0 spiro atoms. The molecule has 0 radical (unpaired) electrons. The van der Waals surface area contributed by atoms with Gasteiger partial charge in [0.05, 0.1) is 17.6 Å². The fourth-order valence-electron chi connectivity index (χ4n) is 1.12. The number of nitrogen functional groups attached to an aromatic ring is 1. The molecule has 0 saturated carbocycles. The van der Waals surface area contributed by atoms with Crippen LogP contribution in [-0.2, 0) is 0 Å². The van der Waals surface area contributed by atoms with Crippen LogP contribution < -0.4 is 5.73 Å². The summed E-state index contributed by atoms with van der Waals surface area (Å²) in [5.74, 6) is 0.491. The summed E-state index contributed by atoms with van der Waals surface area (Å²) < 4.78 is 0. The molecule has 70 valence electrons. The van der Waals surface area contributed by atoms with Crippen molar-refractivity contribution in [2.45, 2.75) is 6.92 Å². The van der Waals surface area contributed by atoms with Crippen LogP contribution in [0.15, 0.2) is 30.6 Å². The number of nitrogens with zero attached hydrogens (tertiary/aromatic N) is 3. The number of nitrogens with two attached hydrogens (primary N) is 1. The Labute approximate surface area is 81.9 Å². The van der Waals surface area contributed by atoms with Gasteiger partial charge in [-0.05, 0) is 19.1 Å². The normalized spacial score (nSPS) is 10.1. The lowest BCUT2D eigenvalue weighted by molar-refractivity contribution is 1.11. The smallest absolute Gasteiger partial charge is 0.124 e. The molecule has 0 aromatic carbocycles. The molecule has 4 heteroatoms. The molecular formula is C10H10N4. The minimum Gasteiger partial charge on any atom is -0.384 e. The van der Waals surface area contributed by atoms with Crippen LogP contribution in [0.2, 0.25) is 0 Å². The molecule has 0 saturated heterocycles. The van der Waals surface area contributed by atoms with Crippen LogP contribution in [0.4, 0.5) is 5.82 Å². The van der Waals surface area contributed by atoms with Gasteiger partial charge in [-0.2, -0.15) is 0 Å². The summed E-state index contributed by atoms with van der Waals surface area (Å²) in [6.07, 6.45) is 3.40. The third-order valence-corrected chi connectivity index (χ3v) is 1.81. The van der Waals surface area contributed by atoms with Gasteiger partial charge in [0.15, 0.2) is 0 Å². The molecule has 2 aromatic heterocycles. The highest BCUT2D eigenvalue weighted by Gasteiger charge is 2.00. The van der Waals surface area contributed by atoms with E-state index in [1.165, 1.54) is 0 Å². The summed E-state index contributed by atoms with van der Waals surface area (Å²) in [7, 11) is 0. The number of hydrogen-bond donors (Lipinski definition) is 1. The molecule has 0 bridgehead atoms. The quantitative estimate of drug-likeness (QED) is 0.731. The van der Waals surface area contributed by atoms with Crippen molar-refractivity contribution in [1.29, 1.82) is 0 Å². The summed E-state index contributed by atoms with van der Waals surface area (Å²) in [6, 6.07) is 5.44. The van der Waals surface area contributed by atoms with Crippen molar-refractivity contribution in [1.82, 2.24) is 15.0 Å². The topological polar surface area (TPSA) is 64.7 Å². The minimum absolute atomic E-state index is 0.491. The molecule has 0 aliphatic rings. The van der Waals surface area contributed by atoms with Crippen molar-refractivity contribution in [3.63, 3.8) is 0 Å². The number of hydrogen-bond acceptors (Lipinski definition) is 4. The van der Waals surface area contributed by atoms with Crippen LogP contribution in [0.25, 0.3) is 11.4 Å². The van der Waals surface area contributed by atoms with Gasteiger partial charge in [0, 0.05) is 6.20 Å². The second-order valence-corrected chi connectivity index (χ2v) is 2.99. The van der Waals surface area contributed by atoms with Gasteiger partial charge in [-0.1, -0.05) is 6.07 Å². The van der Waals surface area contributed by atoms with Gasteiger partial charge in [0.25, 0.3) is 0 Å². The second-order valence-electron chi connectivity index (χ2n) is 2.99. The SMILES string of the molecule is Cc1cnc(-c2cccc(N)n2)cn1. The molecule has 2 rings (SSSR count). The fourth-order valence-corrected chi connectivity index (χ4v) is 1.12. The van der Waals surface area contributed by atoms with Gasteiger partial charge in [-0.15, -0.1) is 0 Å². The van der Waals surface area contributed by atoms with Crippen molar-refractivity contribution in [2.24, 2.45) is 0 Å². The highest BCUT2D eigenvalue weighted by molar-refractivity contribution is 5.54. The first-order valence-corrected chi connectivity index (χ1v) is 4.27. The zero-order chi connectivity index (χ0) is 9.97. The molecular weight excluding hydrogens is 176 g/mol. The van der Waals surface area contributed by atoms with E-state index in [2.05, 4.69) is 15.0 Å². The van der Waals surface area contributed by atoms with Crippen LogP contribution in [-0.4, -0.2) is 15.0 Å². The molecule has 0 fully saturated rings. The monoisotopic (exact) mass is 186 g/mol. The van der Waals surface area contributed by atoms with E-state index in [0.29, 0.717) is 5.82 Å². The molecule has 4 nitrogen and oxygen atoms in total. The first-order chi connectivity index (χ1) is 6.75. The average molecular weight is 186 g/mol. The Bertz CT molecular complexity index is 436. The largest absolute Gasteiger partial charge is 0.384 e. The number of anilines is 1. The third kappa shape index (κ3) is 1.69. The summed E-state index contributed by atoms with van der Waals surface area (Å²) in [5.41, 5.74) is 7.94. The van der Waals surface area contributed by atoms with Crippen LogP contribution in [0, 0.1) is 6.92 Å². The highest BCUT2D eigenvalue weighted by atomic mass is 14.9. The summed E-state index contributed by atoms with van der Waals surface area (Å²) in [4.78, 5) is 12.5. The lowest BCUT2D eigenvalue weighted by Crippen LogP contribution is -1.94. The first-order valence-electron chi connectivity index (χ1n) is 4.27. The first kappa shape index (κ1) is 8.62. The zero-order valence-electron chi connectivity index (χ0n) is 7.81. The van der Waals surface area contributed by atoms with Gasteiger partial charge in [-0.3, -0.25) is 9.97 Å². The predicted octanol–water partition coefficient (Wildman–Crippen LogP) is 1.43. The summed E-state index contributed by atoms with van der Waals surface area (Å²) in [6.45, 7) is 1.89. The number of aryl methyl sites for hydroxylation is 1. The van der Waals surface area contributed by atoms with Crippen LogP contribution in [0.1, 0.15) is 5.69 Å². The van der Waals surface area contributed by atoms with E-state index in [9.17, 15) is 0 Å². The Kier molecular flexibility index (Phi) is 2.10. The standard InChI is InChI=1S/C10H10N4/c1-7-5-13-9(6-12-7)8-3-2-4-10(11)14-8/h2-6H,1H3,(H2,11,14).